The number of hydrogen-bond donors (Lipinski definition) is 0. The number of carbonyl (C=O) groups is 1. The molecule has 0 aliphatic heterocycles. The van der Waals surface area contributed by atoms with Crippen molar-refractivity contribution in [2.24, 2.45) is 0 Å². The SMILES string of the molecule is COC(=O)CCc1cc(C)c2ccc(Cl)cc2n1. The Labute approximate surface area is 111 Å². The summed E-state index contributed by atoms with van der Waals surface area (Å²) >= 11 is 5.96. The van der Waals surface area contributed by atoms with Crippen molar-refractivity contribution >= 4 is 28.5 Å². The summed E-state index contributed by atoms with van der Waals surface area (Å²) in [5.74, 6) is -0.222. The molecule has 0 amide bonds. The minimum atomic E-state index is -0.222. The molecule has 1 heterocycles. The molecule has 1 aromatic heterocycles. The predicted molar refractivity (Wildman–Crippen MR) is 71.8 cm³/mol. The highest BCUT2D eigenvalue weighted by molar-refractivity contribution is 6.31. The lowest BCUT2D eigenvalue weighted by Gasteiger charge is -2.06. The fourth-order valence-corrected chi connectivity index (χ4v) is 2.07. The van der Waals surface area contributed by atoms with Crippen LogP contribution < -0.4 is 0 Å². The van der Waals surface area contributed by atoms with Crippen LogP contribution in [0.15, 0.2) is 24.3 Å². The van der Waals surface area contributed by atoms with Gasteiger partial charge < -0.3 is 4.74 Å². The summed E-state index contributed by atoms with van der Waals surface area (Å²) in [4.78, 5) is 15.6. The third-order valence-electron chi connectivity index (χ3n) is 2.84. The van der Waals surface area contributed by atoms with E-state index in [1.807, 2.05) is 31.2 Å². The summed E-state index contributed by atoms with van der Waals surface area (Å²) in [6.07, 6.45) is 0.922. The van der Waals surface area contributed by atoms with E-state index in [1.165, 1.54) is 7.11 Å². The van der Waals surface area contributed by atoms with E-state index in [4.69, 9.17) is 11.6 Å². The first-order chi connectivity index (χ1) is 8.60. The Morgan fingerprint density at radius 1 is 1.39 bits per heavy atom. The number of carbonyl (C=O) groups excluding carboxylic acids is 1. The Bertz CT molecular complexity index is 596. The second kappa shape index (κ2) is 5.36. The van der Waals surface area contributed by atoms with Crippen LogP contribution in [-0.4, -0.2) is 18.1 Å². The molecule has 0 spiro atoms. The summed E-state index contributed by atoms with van der Waals surface area (Å²) in [6.45, 7) is 2.03. The molecule has 94 valence electrons. The van der Waals surface area contributed by atoms with E-state index in [0.29, 0.717) is 17.9 Å². The molecular formula is C14H14ClNO2. The Balaban J connectivity index is 2.32. The van der Waals surface area contributed by atoms with Gasteiger partial charge in [0.05, 0.1) is 19.0 Å². The first kappa shape index (κ1) is 12.8. The van der Waals surface area contributed by atoms with Crippen molar-refractivity contribution < 1.29 is 9.53 Å². The van der Waals surface area contributed by atoms with Crippen molar-refractivity contribution in [3.8, 4) is 0 Å². The first-order valence-electron chi connectivity index (χ1n) is 5.73. The van der Waals surface area contributed by atoms with Gasteiger partial charge in [-0.2, -0.15) is 0 Å². The second-order valence-corrected chi connectivity index (χ2v) is 4.60. The van der Waals surface area contributed by atoms with Gasteiger partial charge in [0.1, 0.15) is 0 Å². The van der Waals surface area contributed by atoms with E-state index >= 15 is 0 Å². The van der Waals surface area contributed by atoms with Crippen LogP contribution in [0.3, 0.4) is 0 Å². The smallest absolute Gasteiger partial charge is 0.305 e. The standard InChI is InChI=1S/C14H14ClNO2/c1-9-7-11(4-6-14(17)18-2)16-13-8-10(15)3-5-12(9)13/h3,5,7-8H,4,6H2,1-2H3. The molecule has 3 nitrogen and oxygen atoms in total. The van der Waals surface area contributed by atoms with Crippen LogP contribution >= 0.6 is 11.6 Å². The summed E-state index contributed by atoms with van der Waals surface area (Å²) in [7, 11) is 1.39. The maximum atomic E-state index is 11.1. The van der Waals surface area contributed by atoms with Gasteiger partial charge in [0.25, 0.3) is 0 Å². The molecule has 0 saturated heterocycles. The molecular weight excluding hydrogens is 250 g/mol. The highest BCUT2D eigenvalue weighted by Gasteiger charge is 2.06. The Morgan fingerprint density at radius 2 is 2.17 bits per heavy atom. The van der Waals surface area contributed by atoms with Crippen LogP contribution in [0.25, 0.3) is 10.9 Å². The van der Waals surface area contributed by atoms with Crippen molar-refractivity contribution in [1.29, 1.82) is 0 Å². The number of methoxy groups -OCH3 is 1. The molecule has 0 unspecified atom stereocenters. The van der Waals surface area contributed by atoms with E-state index in [1.54, 1.807) is 0 Å². The first-order valence-corrected chi connectivity index (χ1v) is 6.10. The molecule has 1 aromatic carbocycles. The Kier molecular flexibility index (Phi) is 3.82. The van der Waals surface area contributed by atoms with Gasteiger partial charge in [0.2, 0.25) is 0 Å². The molecule has 0 aliphatic carbocycles. The minimum Gasteiger partial charge on any atom is -0.469 e. The molecule has 0 N–H and O–H groups in total. The highest BCUT2D eigenvalue weighted by Crippen LogP contribution is 2.22. The summed E-state index contributed by atoms with van der Waals surface area (Å²) in [5, 5.41) is 1.75. The third kappa shape index (κ3) is 2.79. The van der Waals surface area contributed by atoms with Crippen molar-refractivity contribution in [2.75, 3.05) is 7.11 Å². The van der Waals surface area contributed by atoms with E-state index < -0.39 is 0 Å². The lowest BCUT2D eigenvalue weighted by molar-refractivity contribution is -0.140. The van der Waals surface area contributed by atoms with Gasteiger partial charge in [0.15, 0.2) is 0 Å². The summed E-state index contributed by atoms with van der Waals surface area (Å²) < 4.78 is 4.62. The average molecular weight is 264 g/mol. The predicted octanol–water partition coefficient (Wildman–Crippen LogP) is 3.30. The van der Waals surface area contributed by atoms with E-state index in [0.717, 1.165) is 22.2 Å². The topological polar surface area (TPSA) is 39.2 Å². The number of halogens is 1. The molecule has 0 atom stereocenters. The number of rotatable bonds is 3. The number of hydrogen-bond acceptors (Lipinski definition) is 3. The van der Waals surface area contributed by atoms with Crippen LogP contribution in [0.2, 0.25) is 5.02 Å². The molecule has 0 bridgehead atoms. The van der Waals surface area contributed by atoms with Gasteiger partial charge in [0, 0.05) is 22.5 Å². The maximum Gasteiger partial charge on any atom is 0.305 e. The van der Waals surface area contributed by atoms with Gasteiger partial charge in [-0.25, -0.2) is 0 Å². The monoisotopic (exact) mass is 263 g/mol. The van der Waals surface area contributed by atoms with Crippen molar-refractivity contribution in [1.82, 2.24) is 4.98 Å². The maximum absolute atomic E-state index is 11.1. The number of esters is 1. The number of nitrogens with zero attached hydrogens (tertiary/aromatic N) is 1. The zero-order chi connectivity index (χ0) is 13.1. The van der Waals surface area contributed by atoms with Crippen LogP contribution in [0.1, 0.15) is 17.7 Å². The van der Waals surface area contributed by atoms with Crippen LogP contribution in [0.5, 0.6) is 0 Å². The van der Waals surface area contributed by atoms with E-state index in [2.05, 4.69) is 9.72 Å². The number of ether oxygens (including phenoxy) is 1. The molecule has 0 fully saturated rings. The Hall–Kier alpha value is -1.61. The van der Waals surface area contributed by atoms with Crippen molar-refractivity contribution in [3.63, 3.8) is 0 Å². The van der Waals surface area contributed by atoms with Crippen LogP contribution in [0.4, 0.5) is 0 Å². The molecule has 4 heteroatoms. The van der Waals surface area contributed by atoms with Gasteiger partial charge in [-0.15, -0.1) is 0 Å². The van der Waals surface area contributed by atoms with Gasteiger partial charge in [-0.05, 0) is 30.7 Å². The molecule has 2 aromatic rings. The number of aromatic nitrogens is 1. The zero-order valence-corrected chi connectivity index (χ0v) is 11.1. The second-order valence-electron chi connectivity index (χ2n) is 4.17. The quantitative estimate of drug-likeness (QED) is 0.798. The fraction of sp³-hybridized carbons (Fsp3) is 0.286. The lowest BCUT2D eigenvalue weighted by Crippen LogP contribution is -2.03. The number of pyridine rings is 1. The highest BCUT2D eigenvalue weighted by atomic mass is 35.5. The average Bonchev–Trinajstić information content (AvgIpc) is 2.35. The largest absolute Gasteiger partial charge is 0.469 e. The summed E-state index contributed by atoms with van der Waals surface area (Å²) in [5.41, 5.74) is 2.88. The van der Waals surface area contributed by atoms with Gasteiger partial charge >= 0.3 is 5.97 Å². The van der Waals surface area contributed by atoms with Gasteiger partial charge in [-0.3, -0.25) is 9.78 Å². The molecule has 2 rings (SSSR count). The molecule has 0 radical (unpaired) electrons. The van der Waals surface area contributed by atoms with E-state index in [9.17, 15) is 4.79 Å². The van der Waals surface area contributed by atoms with Crippen LogP contribution in [0, 0.1) is 6.92 Å². The minimum absolute atomic E-state index is 0.222. The fourth-order valence-electron chi connectivity index (χ4n) is 1.91. The number of aryl methyl sites for hydroxylation is 2. The third-order valence-corrected chi connectivity index (χ3v) is 3.08. The Morgan fingerprint density at radius 3 is 2.89 bits per heavy atom. The van der Waals surface area contributed by atoms with Crippen molar-refractivity contribution in [2.45, 2.75) is 19.8 Å². The normalized spacial score (nSPS) is 10.6. The van der Waals surface area contributed by atoms with Crippen LogP contribution in [-0.2, 0) is 16.0 Å². The number of benzene rings is 1. The van der Waals surface area contributed by atoms with Gasteiger partial charge in [-0.1, -0.05) is 17.7 Å². The summed E-state index contributed by atoms with van der Waals surface area (Å²) in [6, 6.07) is 7.65. The molecule has 18 heavy (non-hydrogen) atoms. The lowest BCUT2D eigenvalue weighted by atomic mass is 10.1. The zero-order valence-electron chi connectivity index (χ0n) is 10.4. The van der Waals surface area contributed by atoms with Crippen molar-refractivity contribution in [3.05, 3.63) is 40.5 Å². The molecule has 0 aliphatic rings. The molecule has 0 saturated carbocycles. The number of fused-ring (bicyclic) bond motifs is 1. The van der Waals surface area contributed by atoms with E-state index in [-0.39, 0.29) is 5.97 Å².